The minimum absolute atomic E-state index is 0.0311. The van der Waals surface area contributed by atoms with Crippen LogP contribution in [0.25, 0.3) is 0 Å². The van der Waals surface area contributed by atoms with E-state index >= 15 is 0 Å². The van der Waals surface area contributed by atoms with Gasteiger partial charge in [-0.15, -0.1) is 0 Å². The van der Waals surface area contributed by atoms with Gasteiger partial charge in [-0.1, -0.05) is 20.3 Å². The van der Waals surface area contributed by atoms with Gasteiger partial charge in [0.1, 0.15) is 0 Å². The predicted octanol–water partition coefficient (Wildman–Crippen LogP) is 1.48. The Balaban J connectivity index is 4.10. The molecule has 2 N–H and O–H groups in total. The normalized spacial score (nSPS) is 16.0. The monoisotopic (exact) mass is 250 g/mol. The van der Waals surface area contributed by atoms with E-state index in [4.69, 9.17) is 0 Å². The van der Waals surface area contributed by atoms with Crippen LogP contribution in [0.2, 0.25) is 0 Å². The molecule has 0 saturated carbocycles. The Hall–Kier alpha value is -0.130. The lowest BCUT2D eigenvalue weighted by atomic mass is 10.2. The molecule has 0 amide bonds. The molecule has 5 heteroatoms. The van der Waals surface area contributed by atoms with Gasteiger partial charge < -0.3 is 5.32 Å². The van der Waals surface area contributed by atoms with Gasteiger partial charge in [-0.25, -0.2) is 13.1 Å². The first kappa shape index (κ1) is 15.9. The van der Waals surface area contributed by atoms with Crippen molar-refractivity contribution in [3.63, 3.8) is 0 Å². The minimum atomic E-state index is -3.17. The highest BCUT2D eigenvalue weighted by Crippen LogP contribution is 2.02. The second kappa shape index (κ2) is 8.03. The Kier molecular flexibility index (Phi) is 7.97. The van der Waals surface area contributed by atoms with Gasteiger partial charge in [-0.05, 0) is 33.2 Å². The molecule has 0 aromatic rings. The summed E-state index contributed by atoms with van der Waals surface area (Å²) in [7, 11) is -3.17. The molecule has 0 aromatic heterocycles. The summed E-state index contributed by atoms with van der Waals surface area (Å²) in [5.41, 5.74) is 0. The fourth-order valence-corrected chi connectivity index (χ4v) is 2.73. The molecule has 0 aliphatic rings. The van der Waals surface area contributed by atoms with Crippen molar-refractivity contribution in [2.75, 3.05) is 13.1 Å². The molecule has 0 saturated heterocycles. The number of nitrogens with one attached hydrogen (secondary N) is 2. The number of sulfonamides is 1. The van der Waals surface area contributed by atoms with E-state index in [1.165, 1.54) is 0 Å². The Bertz CT molecular complexity index is 265. The highest BCUT2D eigenvalue weighted by molar-refractivity contribution is 7.90. The van der Waals surface area contributed by atoms with Crippen LogP contribution in [0.3, 0.4) is 0 Å². The van der Waals surface area contributed by atoms with Gasteiger partial charge in [-0.2, -0.15) is 0 Å². The largest absolute Gasteiger partial charge is 0.315 e. The first-order chi connectivity index (χ1) is 7.44. The Morgan fingerprint density at radius 2 is 1.75 bits per heavy atom. The van der Waals surface area contributed by atoms with Crippen LogP contribution >= 0.6 is 0 Å². The molecule has 2 unspecified atom stereocenters. The van der Waals surface area contributed by atoms with Gasteiger partial charge in [0.25, 0.3) is 0 Å². The smallest absolute Gasteiger partial charge is 0.215 e. The lowest BCUT2D eigenvalue weighted by Crippen LogP contribution is -2.42. The van der Waals surface area contributed by atoms with Crippen molar-refractivity contribution in [3.8, 4) is 0 Å². The summed E-state index contributed by atoms with van der Waals surface area (Å²) in [5.74, 6) is 0. The highest BCUT2D eigenvalue weighted by atomic mass is 32.2. The summed E-state index contributed by atoms with van der Waals surface area (Å²) < 4.78 is 26.4. The van der Waals surface area contributed by atoms with E-state index in [0.717, 1.165) is 25.8 Å². The molecule has 0 aliphatic heterocycles. The Morgan fingerprint density at radius 1 is 1.12 bits per heavy atom. The summed E-state index contributed by atoms with van der Waals surface area (Å²) in [6.45, 7) is 9.15. The standard InChI is InChI=1S/C11H26N2O2S/c1-5-7-10(3)13-16(14,15)11(4)9-12-8-6-2/h10-13H,5-9H2,1-4H3. The quantitative estimate of drug-likeness (QED) is 0.609. The van der Waals surface area contributed by atoms with Crippen LogP contribution in [-0.2, 0) is 10.0 Å². The molecule has 16 heavy (non-hydrogen) atoms. The van der Waals surface area contributed by atoms with E-state index in [2.05, 4.69) is 23.9 Å². The van der Waals surface area contributed by atoms with Crippen LogP contribution in [-0.4, -0.2) is 32.8 Å². The van der Waals surface area contributed by atoms with Gasteiger partial charge in [0.2, 0.25) is 10.0 Å². The first-order valence-electron chi connectivity index (χ1n) is 6.15. The van der Waals surface area contributed by atoms with Crippen molar-refractivity contribution in [2.24, 2.45) is 0 Å². The second-order valence-corrected chi connectivity index (χ2v) is 6.50. The SMILES string of the molecule is CCCNCC(C)S(=O)(=O)NC(C)CCC. The molecule has 0 aliphatic carbocycles. The molecule has 4 nitrogen and oxygen atoms in total. The molecule has 0 aromatic carbocycles. The van der Waals surface area contributed by atoms with Gasteiger partial charge in [0.05, 0.1) is 5.25 Å². The average Bonchev–Trinajstić information content (AvgIpc) is 2.17. The molecule has 2 atom stereocenters. The topological polar surface area (TPSA) is 58.2 Å². The summed E-state index contributed by atoms with van der Waals surface area (Å²) in [5, 5.41) is 2.75. The fourth-order valence-electron chi connectivity index (χ4n) is 1.48. The number of hydrogen-bond acceptors (Lipinski definition) is 3. The second-order valence-electron chi connectivity index (χ2n) is 4.37. The third-order valence-corrected chi connectivity index (χ3v) is 4.43. The zero-order chi connectivity index (χ0) is 12.6. The molecule has 0 bridgehead atoms. The van der Waals surface area contributed by atoms with Crippen molar-refractivity contribution < 1.29 is 8.42 Å². The van der Waals surface area contributed by atoms with Crippen molar-refractivity contribution >= 4 is 10.0 Å². The van der Waals surface area contributed by atoms with Crippen molar-refractivity contribution in [3.05, 3.63) is 0 Å². The summed E-state index contributed by atoms with van der Waals surface area (Å²) in [4.78, 5) is 0. The molecular weight excluding hydrogens is 224 g/mol. The van der Waals surface area contributed by atoms with Crippen molar-refractivity contribution in [1.29, 1.82) is 0 Å². The maximum atomic E-state index is 11.9. The fraction of sp³-hybridized carbons (Fsp3) is 1.00. The maximum absolute atomic E-state index is 11.9. The molecular formula is C11H26N2O2S. The number of hydrogen-bond donors (Lipinski definition) is 2. The molecule has 0 heterocycles. The van der Waals surface area contributed by atoms with Gasteiger partial charge in [-0.3, -0.25) is 0 Å². The molecule has 0 spiro atoms. The summed E-state index contributed by atoms with van der Waals surface area (Å²) in [6.07, 6.45) is 2.90. The Labute approximate surface area is 100 Å². The zero-order valence-corrected chi connectivity index (χ0v) is 11.7. The van der Waals surface area contributed by atoms with Crippen LogP contribution in [0.5, 0.6) is 0 Å². The Morgan fingerprint density at radius 3 is 2.25 bits per heavy atom. The molecule has 98 valence electrons. The summed E-state index contributed by atoms with van der Waals surface area (Å²) in [6, 6.07) is 0.0311. The molecule has 0 rings (SSSR count). The van der Waals surface area contributed by atoms with E-state index in [1.807, 2.05) is 6.92 Å². The van der Waals surface area contributed by atoms with Crippen LogP contribution in [0.1, 0.15) is 47.0 Å². The first-order valence-corrected chi connectivity index (χ1v) is 7.70. The van der Waals surface area contributed by atoms with E-state index in [-0.39, 0.29) is 11.3 Å². The minimum Gasteiger partial charge on any atom is -0.315 e. The molecule has 0 radical (unpaired) electrons. The van der Waals surface area contributed by atoms with E-state index in [9.17, 15) is 8.42 Å². The maximum Gasteiger partial charge on any atom is 0.215 e. The lowest BCUT2D eigenvalue weighted by Gasteiger charge is -2.18. The van der Waals surface area contributed by atoms with E-state index < -0.39 is 10.0 Å². The van der Waals surface area contributed by atoms with Crippen LogP contribution < -0.4 is 10.0 Å². The van der Waals surface area contributed by atoms with Crippen LogP contribution in [0, 0.1) is 0 Å². The van der Waals surface area contributed by atoms with E-state index in [0.29, 0.717) is 6.54 Å². The van der Waals surface area contributed by atoms with E-state index in [1.54, 1.807) is 6.92 Å². The predicted molar refractivity (Wildman–Crippen MR) is 69.0 cm³/mol. The lowest BCUT2D eigenvalue weighted by molar-refractivity contribution is 0.527. The van der Waals surface area contributed by atoms with Gasteiger partial charge in [0, 0.05) is 12.6 Å². The number of rotatable bonds is 9. The average molecular weight is 250 g/mol. The summed E-state index contributed by atoms with van der Waals surface area (Å²) >= 11 is 0. The third-order valence-electron chi connectivity index (χ3n) is 2.48. The van der Waals surface area contributed by atoms with Crippen molar-refractivity contribution in [1.82, 2.24) is 10.0 Å². The zero-order valence-electron chi connectivity index (χ0n) is 10.9. The van der Waals surface area contributed by atoms with Gasteiger partial charge in [0.15, 0.2) is 0 Å². The van der Waals surface area contributed by atoms with Gasteiger partial charge >= 0.3 is 0 Å². The highest BCUT2D eigenvalue weighted by Gasteiger charge is 2.21. The third kappa shape index (κ3) is 6.45. The molecule has 0 fully saturated rings. The van der Waals surface area contributed by atoms with Crippen LogP contribution in [0.4, 0.5) is 0 Å². The van der Waals surface area contributed by atoms with Crippen LogP contribution in [0.15, 0.2) is 0 Å². The van der Waals surface area contributed by atoms with Crippen molar-refractivity contribution in [2.45, 2.75) is 58.2 Å².